The quantitative estimate of drug-likeness (QED) is 0.903. The summed E-state index contributed by atoms with van der Waals surface area (Å²) in [5, 5.41) is 6.50. The van der Waals surface area contributed by atoms with Gasteiger partial charge in [0.1, 0.15) is 10.8 Å². The number of aromatic nitrogens is 1. The van der Waals surface area contributed by atoms with Crippen molar-refractivity contribution in [3.63, 3.8) is 0 Å². The predicted molar refractivity (Wildman–Crippen MR) is 73.5 cm³/mol. The molecule has 0 aliphatic carbocycles. The lowest BCUT2D eigenvalue weighted by Crippen LogP contribution is -2.22. The van der Waals surface area contributed by atoms with Crippen LogP contribution in [0.4, 0.5) is 4.39 Å². The molecule has 2 aromatic rings. The molecule has 0 bridgehead atoms. The molecule has 2 rings (SSSR count). The van der Waals surface area contributed by atoms with E-state index in [1.54, 1.807) is 23.6 Å². The van der Waals surface area contributed by atoms with Gasteiger partial charge in [-0.3, -0.25) is 0 Å². The molecule has 0 aliphatic heterocycles. The first-order chi connectivity index (χ1) is 8.58. The van der Waals surface area contributed by atoms with Gasteiger partial charge in [0.25, 0.3) is 0 Å². The normalized spacial score (nSPS) is 14.4. The van der Waals surface area contributed by atoms with Crippen molar-refractivity contribution in [3.05, 3.63) is 51.2 Å². The van der Waals surface area contributed by atoms with E-state index < -0.39 is 0 Å². The number of benzene rings is 1. The minimum atomic E-state index is -0.385. The lowest BCUT2D eigenvalue weighted by molar-refractivity contribution is 0.490. The van der Waals surface area contributed by atoms with Crippen LogP contribution in [0.25, 0.3) is 0 Å². The molecule has 1 N–H and O–H groups in total. The third kappa shape index (κ3) is 3.07. The summed E-state index contributed by atoms with van der Waals surface area (Å²) in [5.74, 6) is -0.385. The zero-order valence-corrected chi connectivity index (χ0v) is 11.7. The van der Waals surface area contributed by atoms with Crippen molar-refractivity contribution in [1.82, 2.24) is 10.3 Å². The molecule has 0 aliphatic rings. The fourth-order valence-electron chi connectivity index (χ4n) is 1.77. The van der Waals surface area contributed by atoms with Crippen LogP contribution >= 0.6 is 22.9 Å². The Kier molecular flexibility index (Phi) is 4.32. The topological polar surface area (TPSA) is 24.9 Å². The zero-order chi connectivity index (χ0) is 13.1. The van der Waals surface area contributed by atoms with Crippen molar-refractivity contribution in [3.8, 4) is 0 Å². The number of thiazole rings is 1. The number of hydrogen-bond donors (Lipinski definition) is 1. The largest absolute Gasteiger partial charge is 0.302 e. The fourth-order valence-corrected chi connectivity index (χ4v) is 2.55. The summed E-state index contributed by atoms with van der Waals surface area (Å²) in [6.07, 6.45) is 1.78. The second kappa shape index (κ2) is 5.78. The van der Waals surface area contributed by atoms with Crippen LogP contribution in [0.3, 0.4) is 0 Å². The highest BCUT2D eigenvalue weighted by Gasteiger charge is 2.14. The second-order valence-corrected chi connectivity index (χ2v) is 5.49. The number of nitrogens with zero attached hydrogens (tertiary/aromatic N) is 1. The Balaban J connectivity index is 2.07. The first-order valence-corrected chi connectivity index (χ1v) is 6.94. The van der Waals surface area contributed by atoms with Crippen LogP contribution in [0, 0.1) is 5.82 Å². The fraction of sp³-hybridized carbons (Fsp3) is 0.308. The summed E-state index contributed by atoms with van der Waals surface area (Å²) in [7, 11) is 0. The molecule has 0 radical (unpaired) electrons. The van der Waals surface area contributed by atoms with Gasteiger partial charge in [-0.05, 0) is 31.5 Å². The van der Waals surface area contributed by atoms with Gasteiger partial charge < -0.3 is 5.32 Å². The Morgan fingerprint density at radius 3 is 2.72 bits per heavy atom. The minimum Gasteiger partial charge on any atom is -0.302 e. The van der Waals surface area contributed by atoms with E-state index in [1.165, 1.54) is 6.07 Å². The SMILES string of the molecule is CC(NC(C)c1nccs1)c1ccc(Cl)c(F)c1. The van der Waals surface area contributed by atoms with Crippen molar-refractivity contribution in [2.75, 3.05) is 0 Å². The zero-order valence-electron chi connectivity index (χ0n) is 10.2. The van der Waals surface area contributed by atoms with E-state index in [1.807, 2.05) is 25.3 Å². The van der Waals surface area contributed by atoms with Gasteiger partial charge in [-0.15, -0.1) is 11.3 Å². The van der Waals surface area contributed by atoms with E-state index in [0.29, 0.717) is 0 Å². The summed E-state index contributed by atoms with van der Waals surface area (Å²) in [5.41, 5.74) is 0.875. The highest BCUT2D eigenvalue weighted by Crippen LogP contribution is 2.23. The Labute approximate surface area is 115 Å². The molecule has 0 fully saturated rings. The minimum absolute atomic E-state index is 0.0377. The average Bonchev–Trinajstić information content (AvgIpc) is 2.86. The van der Waals surface area contributed by atoms with Gasteiger partial charge in [-0.1, -0.05) is 17.7 Å². The lowest BCUT2D eigenvalue weighted by atomic mass is 10.1. The molecule has 0 amide bonds. The number of halogens is 2. The van der Waals surface area contributed by atoms with Gasteiger partial charge in [-0.25, -0.2) is 9.37 Å². The third-order valence-corrected chi connectivity index (χ3v) is 4.03. The molecule has 1 aromatic heterocycles. The Bertz CT molecular complexity index is 516. The molecule has 18 heavy (non-hydrogen) atoms. The molecule has 96 valence electrons. The summed E-state index contributed by atoms with van der Waals surface area (Å²) < 4.78 is 13.4. The van der Waals surface area contributed by atoms with Crippen LogP contribution in [0.15, 0.2) is 29.8 Å². The van der Waals surface area contributed by atoms with Crippen molar-refractivity contribution >= 4 is 22.9 Å². The van der Waals surface area contributed by atoms with Crippen LogP contribution in [0.1, 0.15) is 36.5 Å². The van der Waals surface area contributed by atoms with Gasteiger partial charge in [0.05, 0.1) is 11.1 Å². The van der Waals surface area contributed by atoms with Crippen LogP contribution in [-0.4, -0.2) is 4.98 Å². The summed E-state index contributed by atoms with van der Waals surface area (Å²) in [4.78, 5) is 4.26. The highest BCUT2D eigenvalue weighted by atomic mass is 35.5. The molecule has 5 heteroatoms. The van der Waals surface area contributed by atoms with Crippen molar-refractivity contribution in [2.24, 2.45) is 0 Å². The third-order valence-electron chi connectivity index (χ3n) is 2.77. The number of rotatable bonds is 4. The predicted octanol–water partition coefficient (Wildman–Crippen LogP) is 4.35. The van der Waals surface area contributed by atoms with Gasteiger partial charge in [-0.2, -0.15) is 0 Å². The van der Waals surface area contributed by atoms with E-state index in [2.05, 4.69) is 10.3 Å². The molecule has 0 spiro atoms. The molecule has 2 atom stereocenters. The Hall–Kier alpha value is -0.970. The molecular weight excluding hydrogens is 271 g/mol. The molecule has 1 heterocycles. The van der Waals surface area contributed by atoms with Crippen LogP contribution in [-0.2, 0) is 0 Å². The van der Waals surface area contributed by atoms with Crippen LogP contribution in [0.5, 0.6) is 0 Å². The van der Waals surface area contributed by atoms with Gasteiger partial charge in [0, 0.05) is 17.6 Å². The maximum absolute atomic E-state index is 13.4. The molecule has 2 nitrogen and oxygen atoms in total. The smallest absolute Gasteiger partial charge is 0.142 e. The molecule has 1 aromatic carbocycles. The van der Waals surface area contributed by atoms with E-state index in [9.17, 15) is 4.39 Å². The number of hydrogen-bond acceptors (Lipinski definition) is 3. The molecule has 0 saturated carbocycles. The van der Waals surface area contributed by atoms with Gasteiger partial charge in [0.15, 0.2) is 0 Å². The van der Waals surface area contributed by atoms with E-state index >= 15 is 0 Å². The monoisotopic (exact) mass is 284 g/mol. The Morgan fingerprint density at radius 2 is 2.11 bits per heavy atom. The maximum Gasteiger partial charge on any atom is 0.142 e. The van der Waals surface area contributed by atoms with Crippen molar-refractivity contribution in [1.29, 1.82) is 0 Å². The van der Waals surface area contributed by atoms with Crippen LogP contribution < -0.4 is 5.32 Å². The van der Waals surface area contributed by atoms with E-state index in [4.69, 9.17) is 11.6 Å². The van der Waals surface area contributed by atoms with Crippen molar-refractivity contribution in [2.45, 2.75) is 25.9 Å². The summed E-state index contributed by atoms with van der Waals surface area (Å²) >= 11 is 7.27. The maximum atomic E-state index is 13.4. The van der Waals surface area contributed by atoms with Gasteiger partial charge >= 0.3 is 0 Å². The van der Waals surface area contributed by atoms with Crippen LogP contribution in [0.2, 0.25) is 5.02 Å². The number of nitrogens with one attached hydrogen (secondary N) is 1. The van der Waals surface area contributed by atoms with E-state index in [0.717, 1.165) is 10.6 Å². The average molecular weight is 285 g/mol. The van der Waals surface area contributed by atoms with Crippen molar-refractivity contribution < 1.29 is 4.39 Å². The first kappa shape index (κ1) is 13.5. The second-order valence-electron chi connectivity index (χ2n) is 4.15. The standard InChI is InChI=1S/C13H14ClFN2S/c1-8(10-3-4-11(14)12(15)7-10)17-9(2)13-16-5-6-18-13/h3-9,17H,1-2H3. The lowest BCUT2D eigenvalue weighted by Gasteiger charge is -2.19. The molecular formula is C13H14ClFN2S. The molecule has 2 unspecified atom stereocenters. The summed E-state index contributed by atoms with van der Waals surface area (Å²) in [6, 6.07) is 5.06. The highest BCUT2D eigenvalue weighted by molar-refractivity contribution is 7.09. The first-order valence-electron chi connectivity index (χ1n) is 5.68. The molecule has 0 saturated heterocycles. The summed E-state index contributed by atoms with van der Waals surface area (Å²) in [6.45, 7) is 4.04. The Morgan fingerprint density at radius 1 is 1.33 bits per heavy atom. The van der Waals surface area contributed by atoms with Gasteiger partial charge in [0.2, 0.25) is 0 Å². The van der Waals surface area contributed by atoms with E-state index in [-0.39, 0.29) is 22.9 Å².